The number of hydrogen-bond donors (Lipinski definition) is 1. The zero-order chi connectivity index (χ0) is 18.9. The Balaban J connectivity index is 1.53. The van der Waals surface area contributed by atoms with Crippen LogP contribution in [0.2, 0.25) is 0 Å². The Morgan fingerprint density at radius 3 is 2.58 bits per heavy atom. The van der Waals surface area contributed by atoms with Gasteiger partial charge in [-0.15, -0.1) is 0 Å². The monoisotopic (exact) mass is 361 g/mol. The van der Waals surface area contributed by atoms with Crippen LogP contribution in [0.15, 0.2) is 28.7 Å². The molecule has 7 nitrogen and oxygen atoms in total. The van der Waals surface area contributed by atoms with Gasteiger partial charge in [0.1, 0.15) is 23.0 Å². The summed E-state index contributed by atoms with van der Waals surface area (Å²) >= 11 is 0. The minimum absolute atomic E-state index is 0.0272. The number of esters is 1. The number of hydrogen-bond acceptors (Lipinski definition) is 6. The van der Waals surface area contributed by atoms with Crippen molar-refractivity contribution in [3.05, 3.63) is 30.0 Å². The van der Waals surface area contributed by atoms with Crippen molar-refractivity contribution < 1.29 is 28.2 Å². The molecule has 1 aliphatic carbocycles. The Bertz CT molecular complexity index is 813. The lowest BCUT2D eigenvalue weighted by atomic mass is 9.89. The zero-order valence-corrected chi connectivity index (χ0v) is 15.3. The van der Waals surface area contributed by atoms with Crippen molar-refractivity contribution in [1.82, 2.24) is 5.32 Å². The first-order valence-corrected chi connectivity index (χ1v) is 8.51. The number of ether oxygens (including phenoxy) is 3. The molecule has 1 aliphatic rings. The molecule has 1 amide bonds. The molecule has 0 aliphatic heterocycles. The van der Waals surface area contributed by atoms with Crippen molar-refractivity contribution in [1.29, 1.82) is 0 Å². The van der Waals surface area contributed by atoms with Gasteiger partial charge in [0.2, 0.25) is 5.76 Å². The third kappa shape index (κ3) is 4.28. The number of carbonyl (C=O) groups excluding carboxylic acids is 2. The Morgan fingerprint density at radius 1 is 1.19 bits per heavy atom. The summed E-state index contributed by atoms with van der Waals surface area (Å²) in [5.41, 5.74) is 0.0862. The smallest absolute Gasteiger partial charge is 0.407 e. The van der Waals surface area contributed by atoms with Gasteiger partial charge in [-0.1, -0.05) is 0 Å². The third-order valence-electron chi connectivity index (χ3n) is 3.99. The molecule has 0 unspecified atom stereocenters. The van der Waals surface area contributed by atoms with E-state index >= 15 is 0 Å². The lowest BCUT2D eigenvalue weighted by molar-refractivity contribution is 0.0362. The van der Waals surface area contributed by atoms with Crippen LogP contribution < -0.4 is 10.1 Å². The molecule has 1 heterocycles. The van der Waals surface area contributed by atoms with E-state index in [2.05, 4.69) is 10.1 Å². The molecular formula is C19H23NO6. The van der Waals surface area contributed by atoms with E-state index < -0.39 is 17.7 Å². The summed E-state index contributed by atoms with van der Waals surface area (Å²) in [6.45, 7) is 5.49. The number of carbonyl (C=O) groups is 2. The molecule has 1 fully saturated rings. The van der Waals surface area contributed by atoms with Gasteiger partial charge in [0.25, 0.3) is 0 Å². The van der Waals surface area contributed by atoms with Gasteiger partial charge >= 0.3 is 12.1 Å². The molecule has 2 aromatic rings. The first-order valence-electron chi connectivity index (χ1n) is 8.51. The highest BCUT2D eigenvalue weighted by Crippen LogP contribution is 2.29. The number of fused-ring (bicyclic) bond motifs is 1. The second-order valence-corrected chi connectivity index (χ2v) is 7.36. The van der Waals surface area contributed by atoms with Gasteiger partial charge in [0.15, 0.2) is 0 Å². The second-order valence-electron chi connectivity index (χ2n) is 7.36. The molecular weight excluding hydrogens is 338 g/mol. The van der Waals surface area contributed by atoms with Crippen molar-refractivity contribution >= 4 is 23.0 Å². The van der Waals surface area contributed by atoms with Crippen molar-refractivity contribution in [2.45, 2.75) is 51.4 Å². The Morgan fingerprint density at radius 2 is 1.92 bits per heavy atom. The molecule has 0 spiro atoms. The van der Waals surface area contributed by atoms with Crippen molar-refractivity contribution in [2.75, 3.05) is 7.11 Å². The Labute approximate surface area is 151 Å². The molecule has 26 heavy (non-hydrogen) atoms. The van der Waals surface area contributed by atoms with Crippen molar-refractivity contribution in [2.24, 2.45) is 0 Å². The molecule has 1 aromatic heterocycles. The van der Waals surface area contributed by atoms with E-state index in [-0.39, 0.29) is 17.9 Å². The van der Waals surface area contributed by atoms with E-state index in [1.807, 2.05) is 26.8 Å². The normalized spacial score (nSPS) is 19.5. The van der Waals surface area contributed by atoms with Gasteiger partial charge in [-0.25, -0.2) is 9.59 Å². The quantitative estimate of drug-likeness (QED) is 0.837. The van der Waals surface area contributed by atoms with Crippen LogP contribution in [0.25, 0.3) is 11.0 Å². The van der Waals surface area contributed by atoms with Gasteiger partial charge in [-0.3, -0.25) is 0 Å². The predicted molar refractivity (Wildman–Crippen MR) is 94.4 cm³/mol. The molecule has 140 valence electrons. The van der Waals surface area contributed by atoms with E-state index in [0.717, 1.165) is 18.2 Å². The van der Waals surface area contributed by atoms with Crippen LogP contribution in [-0.4, -0.2) is 36.9 Å². The first kappa shape index (κ1) is 18.1. The number of amides is 1. The molecule has 1 aromatic carbocycles. The van der Waals surface area contributed by atoms with Crippen LogP contribution in [0.3, 0.4) is 0 Å². The van der Waals surface area contributed by atoms with Gasteiger partial charge < -0.3 is 23.9 Å². The number of benzene rings is 1. The summed E-state index contributed by atoms with van der Waals surface area (Å²) in [6.07, 6.45) is 1.06. The Kier molecular flexibility index (Phi) is 4.80. The van der Waals surface area contributed by atoms with Crippen LogP contribution in [0.5, 0.6) is 5.75 Å². The molecule has 0 bridgehead atoms. The topological polar surface area (TPSA) is 87.0 Å². The number of methoxy groups -OCH3 is 1. The lowest BCUT2D eigenvalue weighted by Gasteiger charge is -2.36. The molecule has 0 atom stereocenters. The largest absolute Gasteiger partial charge is 0.490 e. The fourth-order valence-corrected chi connectivity index (χ4v) is 2.74. The Hall–Kier alpha value is -2.70. The van der Waals surface area contributed by atoms with Gasteiger partial charge in [-0.05, 0) is 45.0 Å². The predicted octanol–water partition coefficient (Wildman–Crippen LogP) is 3.65. The van der Waals surface area contributed by atoms with E-state index in [1.54, 1.807) is 18.2 Å². The average molecular weight is 361 g/mol. The van der Waals surface area contributed by atoms with Crippen LogP contribution in [0.1, 0.15) is 44.2 Å². The minimum atomic E-state index is -0.515. The molecule has 1 N–H and O–H groups in total. The first-order chi connectivity index (χ1) is 12.2. The number of alkyl carbamates (subject to hydrolysis) is 1. The molecule has 1 saturated carbocycles. The van der Waals surface area contributed by atoms with Crippen LogP contribution in [0.4, 0.5) is 4.79 Å². The maximum atomic E-state index is 11.7. The standard InChI is InChI=1S/C19H23NO6/c1-19(2,3)26-18(22)20-12-9-14(10-12)24-13-5-6-15-11(7-13)8-16(25-15)17(21)23-4/h5-8,12,14H,9-10H2,1-4H3,(H,20,22). The summed E-state index contributed by atoms with van der Waals surface area (Å²) in [7, 11) is 1.31. The fourth-order valence-electron chi connectivity index (χ4n) is 2.74. The van der Waals surface area contributed by atoms with Gasteiger partial charge in [0, 0.05) is 24.3 Å². The van der Waals surface area contributed by atoms with Crippen LogP contribution in [-0.2, 0) is 9.47 Å². The summed E-state index contributed by atoms with van der Waals surface area (Å²) in [5, 5.41) is 3.60. The minimum Gasteiger partial charge on any atom is -0.490 e. The number of nitrogens with one attached hydrogen (secondary N) is 1. The SMILES string of the molecule is COC(=O)c1cc2cc(OC3CC(NC(=O)OC(C)(C)C)C3)ccc2o1. The highest BCUT2D eigenvalue weighted by atomic mass is 16.6. The second kappa shape index (κ2) is 6.90. The van der Waals surface area contributed by atoms with E-state index in [9.17, 15) is 9.59 Å². The summed E-state index contributed by atoms with van der Waals surface area (Å²) in [6, 6.07) is 7.05. The van der Waals surface area contributed by atoms with Crippen LogP contribution in [0, 0.1) is 0 Å². The highest BCUT2D eigenvalue weighted by molar-refractivity contribution is 5.92. The lowest BCUT2D eigenvalue weighted by Crippen LogP contribution is -2.50. The van der Waals surface area contributed by atoms with Gasteiger partial charge in [0.05, 0.1) is 7.11 Å². The zero-order valence-electron chi connectivity index (χ0n) is 15.3. The highest BCUT2D eigenvalue weighted by Gasteiger charge is 2.33. The number of furan rings is 1. The number of rotatable bonds is 4. The maximum absolute atomic E-state index is 11.7. The molecule has 0 saturated heterocycles. The molecule has 3 rings (SSSR count). The maximum Gasteiger partial charge on any atom is 0.407 e. The summed E-state index contributed by atoms with van der Waals surface area (Å²) in [5.74, 6) is 0.332. The van der Waals surface area contributed by atoms with Gasteiger partial charge in [-0.2, -0.15) is 0 Å². The molecule has 7 heteroatoms. The van der Waals surface area contributed by atoms with Crippen molar-refractivity contribution in [3.63, 3.8) is 0 Å². The average Bonchev–Trinajstić information content (AvgIpc) is 2.93. The van der Waals surface area contributed by atoms with E-state index in [1.165, 1.54) is 7.11 Å². The molecule has 0 radical (unpaired) electrons. The van der Waals surface area contributed by atoms with Crippen molar-refractivity contribution in [3.8, 4) is 5.75 Å². The van der Waals surface area contributed by atoms with Crippen LogP contribution >= 0.6 is 0 Å². The summed E-state index contributed by atoms with van der Waals surface area (Å²) in [4.78, 5) is 23.3. The van der Waals surface area contributed by atoms with E-state index in [0.29, 0.717) is 11.3 Å². The fraction of sp³-hybridized carbons (Fsp3) is 0.474. The third-order valence-corrected chi connectivity index (χ3v) is 3.99. The van der Waals surface area contributed by atoms with E-state index in [4.69, 9.17) is 13.9 Å². The summed E-state index contributed by atoms with van der Waals surface area (Å²) < 4.78 is 21.2.